The predicted octanol–water partition coefficient (Wildman–Crippen LogP) is 4.79. The number of amides is 2. The zero-order valence-corrected chi connectivity index (χ0v) is 17.3. The molecule has 0 bridgehead atoms. The summed E-state index contributed by atoms with van der Waals surface area (Å²) in [7, 11) is 0. The van der Waals surface area contributed by atoms with Gasteiger partial charge in [0.2, 0.25) is 6.23 Å². The van der Waals surface area contributed by atoms with Gasteiger partial charge in [0.1, 0.15) is 0 Å². The normalized spacial score (nSPS) is 17.4. The first kappa shape index (κ1) is 20.2. The highest BCUT2D eigenvalue weighted by Crippen LogP contribution is 2.32. The van der Waals surface area contributed by atoms with Crippen molar-refractivity contribution < 1.29 is 14.3 Å². The van der Waals surface area contributed by atoms with Gasteiger partial charge in [0.05, 0.1) is 16.5 Å². The molecule has 1 fully saturated rings. The Hall–Kier alpha value is -1.15. The Bertz CT molecular complexity index is 581. The molecule has 0 saturated carbocycles. The lowest BCUT2D eigenvalue weighted by molar-refractivity contribution is -0.148. The van der Waals surface area contributed by atoms with Crippen molar-refractivity contribution in [2.24, 2.45) is 0 Å². The van der Waals surface area contributed by atoms with Crippen LogP contribution in [0.15, 0.2) is 9.98 Å². The molecule has 2 rings (SSSR count). The van der Waals surface area contributed by atoms with Crippen molar-refractivity contribution in [1.82, 2.24) is 9.88 Å². The third kappa shape index (κ3) is 5.67. The first-order chi connectivity index (χ1) is 12.1. The van der Waals surface area contributed by atoms with Crippen molar-refractivity contribution in [3.8, 4) is 0 Å². The van der Waals surface area contributed by atoms with E-state index in [4.69, 9.17) is 4.74 Å². The molecule has 0 aliphatic carbocycles. The number of hydrogen-bond acceptors (Lipinski definition) is 5. The molecule has 8 heteroatoms. The van der Waals surface area contributed by atoms with E-state index in [0.29, 0.717) is 24.6 Å². The van der Waals surface area contributed by atoms with Gasteiger partial charge < -0.3 is 9.64 Å². The summed E-state index contributed by atoms with van der Waals surface area (Å²) in [6.07, 6.45) is 7.46. The molecule has 6 nitrogen and oxygen atoms in total. The van der Waals surface area contributed by atoms with Gasteiger partial charge in [-0.3, -0.25) is 4.79 Å². The van der Waals surface area contributed by atoms with E-state index in [0.717, 1.165) is 42.3 Å². The molecule has 2 heterocycles. The Morgan fingerprint density at radius 2 is 2.04 bits per heavy atom. The molecule has 1 aliphatic heterocycles. The summed E-state index contributed by atoms with van der Waals surface area (Å²) in [4.78, 5) is 32.4. The third-order valence-corrected chi connectivity index (χ3v) is 5.57. The van der Waals surface area contributed by atoms with Crippen LogP contribution in [0, 0.1) is 0 Å². The van der Waals surface area contributed by atoms with Gasteiger partial charge in [-0.15, -0.1) is 0 Å². The van der Waals surface area contributed by atoms with Crippen LogP contribution in [-0.4, -0.2) is 41.2 Å². The number of rotatable bonds is 10. The second kappa shape index (κ2) is 10.1. The molecule has 1 aromatic rings. The van der Waals surface area contributed by atoms with Gasteiger partial charge in [-0.1, -0.05) is 50.9 Å². The number of anilines is 1. The standard InChI is InChI=1S/C17H26BrN3O3S/c1-3-5-7-9-15(22)24-14-12-20(10-8-6-4-2)17(23)21(14)16-19-11-13(18)25-16/h11,14H,3-10,12H2,1-2H3. The van der Waals surface area contributed by atoms with Crippen molar-refractivity contribution in [1.29, 1.82) is 0 Å². The lowest BCUT2D eigenvalue weighted by Gasteiger charge is -2.20. The number of unbranched alkanes of at least 4 members (excludes halogenated alkanes) is 4. The fourth-order valence-corrected chi connectivity index (χ4v) is 3.96. The molecule has 1 unspecified atom stereocenters. The monoisotopic (exact) mass is 431 g/mol. The molecule has 0 aromatic carbocycles. The molecule has 1 atom stereocenters. The van der Waals surface area contributed by atoms with E-state index >= 15 is 0 Å². The van der Waals surface area contributed by atoms with Gasteiger partial charge in [-0.2, -0.15) is 0 Å². The summed E-state index contributed by atoms with van der Waals surface area (Å²) in [5, 5.41) is 0.557. The second-order valence-corrected chi connectivity index (χ2v) is 8.54. The Morgan fingerprint density at radius 3 is 2.68 bits per heavy atom. The van der Waals surface area contributed by atoms with E-state index in [-0.39, 0.29) is 12.0 Å². The number of esters is 1. The minimum atomic E-state index is -0.596. The Kier molecular flexibility index (Phi) is 8.15. The summed E-state index contributed by atoms with van der Waals surface area (Å²) < 4.78 is 6.46. The van der Waals surface area contributed by atoms with Gasteiger partial charge in [0, 0.05) is 13.0 Å². The molecule has 25 heavy (non-hydrogen) atoms. The maximum atomic E-state index is 12.8. The van der Waals surface area contributed by atoms with Crippen LogP contribution in [0.1, 0.15) is 58.8 Å². The molecule has 0 spiro atoms. The maximum Gasteiger partial charge on any atom is 0.329 e. The SMILES string of the molecule is CCCCCC(=O)OC1CN(CCCCC)C(=O)N1c1ncc(Br)s1. The molecule has 1 saturated heterocycles. The molecule has 1 aliphatic rings. The first-order valence-corrected chi connectivity index (χ1v) is 10.6. The second-order valence-electron chi connectivity index (χ2n) is 6.15. The smallest absolute Gasteiger partial charge is 0.329 e. The van der Waals surface area contributed by atoms with Crippen LogP contribution in [-0.2, 0) is 9.53 Å². The Balaban J connectivity index is 2.04. The lowest BCUT2D eigenvalue weighted by Crippen LogP contribution is -2.37. The average Bonchev–Trinajstić information content (AvgIpc) is 3.12. The minimum Gasteiger partial charge on any atom is -0.439 e. The van der Waals surface area contributed by atoms with Crippen LogP contribution in [0.2, 0.25) is 0 Å². The average molecular weight is 432 g/mol. The Labute approximate surface area is 161 Å². The number of urea groups is 1. The number of aromatic nitrogens is 1. The van der Waals surface area contributed by atoms with E-state index in [1.165, 1.54) is 16.2 Å². The number of ether oxygens (including phenoxy) is 1. The van der Waals surface area contributed by atoms with Crippen LogP contribution in [0.25, 0.3) is 0 Å². The predicted molar refractivity (Wildman–Crippen MR) is 103 cm³/mol. The van der Waals surface area contributed by atoms with Crippen LogP contribution in [0.3, 0.4) is 0 Å². The fourth-order valence-electron chi connectivity index (χ4n) is 2.75. The highest BCUT2D eigenvalue weighted by atomic mass is 79.9. The summed E-state index contributed by atoms with van der Waals surface area (Å²) in [5.74, 6) is -0.248. The van der Waals surface area contributed by atoms with Gasteiger partial charge >= 0.3 is 12.0 Å². The quantitative estimate of drug-likeness (QED) is 0.394. The van der Waals surface area contributed by atoms with E-state index in [1.54, 1.807) is 11.1 Å². The minimum absolute atomic E-state index is 0.135. The summed E-state index contributed by atoms with van der Waals surface area (Å²) >= 11 is 4.74. The molecule has 1 aromatic heterocycles. The molecule has 2 amide bonds. The van der Waals surface area contributed by atoms with Crippen molar-refractivity contribution >= 4 is 44.4 Å². The van der Waals surface area contributed by atoms with Gasteiger partial charge in [-0.25, -0.2) is 14.7 Å². The number of halogens is 1. The molecule has 0 N–H and O–H groups in total. The van der Waals surface area contributed by atoms with E-state index in [1.807, 2.05) is 0 Å². The molecular formula is C17H26BrN3O3S. The van der Waals surface area contributed by atoms with Gasteiger partial charge in [0.15, 0.2) is 5.13 Å². The molecular weight excluding hydrogens is 406 g/mol. The van der Waals surface area contributed by atoms with E-state index < -0.39 is 6.23 Å². The van der Waals surface area contributed by atoms with Crippen LogP contribution in [0.4, 0.5) is 9.93 Å². The summed E-state index contributed by atoms with van der Waals surface area (Å²) in [6, 6.07) is -0.135. The fraction of sp³-hybridized carbons (Fsp3) is 0.706. The molecule has 140 valence electrons. The summed E-state index contributed by atoms with van der Waals surface area (Å²) in [5.41, 5.74) is 0. The van der Waals surface area contributed by atoms with Crippen molar-refractivity contribution in [2.45, 2.75) is 65.0 Å². The third-order valence-electron chi connectivity index (χ3n) is 4.10. The van der Waals surface area contributed by atoms with Crippen LogP contribution >= 0.6 is 27.3 Å². The maximum absolute atomic E-state index is 12.8. The number of thiazole rings is 1. The summed E-state index contributed by atoms with van der Waals surface area (Å²) in [6.45, 7) is 5.31. The highest BCUT2D eigenvalue weighted by Gasteiger charge is 2.41. The lowest BCUT2D eigenvalue weighted by atomic mass is 10.2. The number of carbonyl (C=O) groups excluding carboxylic acids is 2. The van der Waals surface area contributed by atoms with Crippen molar-refractivity contribution in [3.05, 3.63) is 9.98 Å². The number of hydrogen-bond donors (Lipinski definition) is 0. The topological polar surface area (TPSA) is 62.7 Å². The first-order valence-electron chi connectivity index (χ1n) is 8.95. The van der Waals surface area contributed by atoms with E-state index in [9.17, 15) is 9.59 Å². The van der Waals surface area contributed by atoms with Crippen LogP contribution in [0.5, 0.6) is 0 Å². The molecule has 0 radical (unpaired) electrons. The van der Waals surface area contributed by atoms with Gasteiger partial charge in [0.25, 0.3) is 0 Å². The largest absolute Gasteiger partial charge is 0.439 e. The van der Waals surface area contributed by atoms with E-state index in [2.05, 4.69) is 34.8 Å². The van der Waals surface area contributed by atoms with Gasteiger partial charge in [-0.05, 0) is 28.8 Å². The van der Waals surface area contributed by atoms with Crippen LogP contribution < -0.4 is 4.90 Å². The zero-order valence-electron chi connectivity index (χ0n) is 14.9. The highest BCUT2D eigenvalue weighted by molar-refractivity contribution is 9.11. The zero-order chi connectivity index (χ0) is 18.2. The Morgan fingerprint density at radius 1 is 1.32 bits per heavy atom. The number of carbonyl (C=O) groups is 2. The van der Waals surface area contributed by atoms with Crippen molar-refractivity contribution in [2.75, 3.05) is 18.0 Å². The van der Waals surface area contributed by atoms with Crippen molar-refractivity contribution in [3.63, 3.8) is 0 Å². The number of nitrogens with zero attached hydrogens (tertiary/aromatic N) is 3.